The van der Waals surface area contributed by atoms with Crippen molar-refractivity contribution in [3.8, 4) is 0 Å². The molecule has 1 N–H and O–H groups in total. The largest absolute Gasteiger partial charge is 0.310 e. The van der Waals surface area contributed by atoms with Crippen molar-refractivity contribution >= 4 is 0 Å². The number of likely N-dealkylation sites (N-methyl/N-ethyl adjacent to an activating group) is 1. The van der Waals surface area contributed by atoms with Crippen LogP contribution in [0.3, 0.4) is 0 Å². The van der Waals surface area contributed by atoms with Gasteiger partial charge in [-0.3, -0.25) is 0 Å². The van der Waals surface area contributed by atoms with E-state index in [2.05, 4.69) is 37.9 Å². The highest BCUT2D eigenvalue weighted by atomic mass is 15.1. The minimum Gasteiger partial charge on any atom is -0.310 e. The van der Waals surface area contributed by atoms with Crippen molar-refractivity contribution in [2.45, 2.75) is 59.0 Å². The van der Waals surface area contributed by atoms with Gasteiger partial charge in [0.05, 0.1) is 0 Å². The minimum absolute atomic E-state index is 0.635. The Balaban J connectivity index is 2.25. The van der Waals surface area contributed by atoms with E-state index in [0.29, 0.717) is 6.04 Å². The highest BCUT2D eigenvalue weighted by molar-refractivity contribution is 4.83. The molecule has 3 unspecified atom stereocenters. The fourth-order valence-corrected chi connectivity index (χ4v) is 2.68. The van der Waals surface area contributed by atoms with Crippen LogP contribution in [-0.4, -0.2) is 36.6 Å². The lowest BCUT2D eigenvalue weighted by atomic mass is 10.1. The van der Waals surface area contributed by atoms with E-state index in [0.717, 1.165) is 12.0 Å². The zero-order valence-corrected chi connectivity index (χ0v) is 10.9. The zero-order valence-electron chi connectivity index (χ0n) is 10.9. The van der Waals surface area contributed by atoms with Crippen LogP contribution in [-0.2, 0) is 0 Å². The van der Waals surface area contributed by atoms with E-state index >= 15 is 0 Å². The van der Waals surface area contributed by atoms with E-state index in [1.54, 1.807) is 0 Å². The molecule has 0 aromatic rings. The molecule has 0 heterocycles. The first-order valence-electron chi connectivity index (χ1n) is 6.65. The molecule has 2 heteroatoms. The summed E-state index contributed by atoms with van der Waals surface area (Å²) >= 11 is 0. The summed E-state index contributed by atoms with van der Waals surface area (Å²) in [5, 5.41) is 3.79. The molecule has 0 aromatic carbocycles. The molecule has 15 heavy (non-hydrogen) atoms. The van der Waals surface area contributed by atoms with Crippen LogP contribution in [0.5, 0.6) is 0 Å². The van der Waals surface area contributed by atoms with Crippen molar-refractivity contribution in [2.24, 2.45) is 5.92 Å². The second kappa shape index (κ2) is 6.49. The highest BCUT2D eigenvalue weighted by Gasteiger charge is 2.24. The van der Waals surface area contributed by atoms with Gasteiger partial charge >= 0.3 is 0 Å². The monoisotopic (exact) mass is 212 g/mol. The molecule has 0 amide bonds. The lowest BCUT2D eigenvalue weighted by Crippen LogP contribution is -2.44. The first-order chi connectivity index (χ1) is 7.17. The van der Waals surface area contributed by atoms with Gasteiger partial charge in [0.15, 0.2) is 0 Å². The number of rotatable bonds is 6. The second-order valence-corrected chi connectivity index (χ2v) is 5.07. The fourth-order valence-electron chi connectivity index (χ4n) is 2.68. The summed E-state index contributed by atoms with van der Waals surface area (Å²) in [5.41, 5.74) is 0. The first-order valence-corrected chi connectivity index (χ1v) is 6.65. The van der Waals surface area contributed by atoms with Crippen LogP contribution in [0.15, 0.2) is 0 Å². The van der Waals surface area contributed by atoms with Crippen LogP contribution in [0.25, 0.3) is 0 Å². The van der Waals surface area contributed by atoms with E-state index in [9.17, 15) is 0 Å². The summed E-state index contributed by atoms with van der Waals surface area (Å²) in [6.45, 7) is 12.7. The van der Waals surface area contributed by atoms with Gasteiger partial charge in [-0.1, -0.05) is 27.2 Å². The number of nitrogens with one attached hydrogen (secondary N) is 1. The molecular formula is C13H28N2. The molecule has 3 atom stereocenters. The maximum Gasteiger partial charge on any atom is 0.0169 e. The Kier molecular flexibility index (Phi) is 5.62. The predicted octanol–water partition coefficient (Wildman–Crippen LogP) is 2.49. The van der Waals surface area contributed by atoms with Crippen LogP contribution in [0.2, 0.25) is 0 Å². The van der Waals surface area contributed by atoms with Crippen LogP contribution in [0.1, 0.15) is 47.0 Å². The molecule has 0 aromatic heterocycles. The standard InChI is InChI=1S/C13H28N2/c1-5-15(6-2)10-12(4)14-13-9-7-8-11(13)3/h11-14H,5-10H2,1-4H3. The Morgan fingerprint density at radius 1 is 1.27 bits per heavy atom. The third-order valence-electron chi connectivity index (χ3n) is 3.79. The van der Waals surface area contributed by atoms with Gasteiger partial charge in [0.25, 0.3) is 0 Å². The van der Waals surface area contributed by atoms with Crippen molar-refractivity contribution in [3.63, 3.8) is 0 Å². The number of nitrogens with zero attached hydrogens (tertiary/aromatic N) is 1. The lowest BCUT2D eigenvalue weighted by Gasteiger charge is -2.27. The smallest absolute Gasteiger partial charge is 0.0169 e. The van der Waals surface area contributed by atoms with Crippen LogP contribution in [0, 0.1) is 5.92 Å². The Morgan fingerprint density at radius 3 is 2.40 bits per heavy atom. The molecular weight excluding hydrogens is 184 g/mol. The Hall–Kier alpha value is -0.0800. The summed E-state index contributed by atoms with van der Waals surface area (Å²) in [6.07, 6.45) is 4.20. The maximum atomic E-state index is 3.79. The van der Waals surface area contributed by atoms with Crippen LogP contribution < -0.4 is 5.32 Å². The predicted molar refractivity (Wildman–Crippen MR) is 67.2 cm³/mol. The minimum atomic E-state index is 0.635. The van der Waals surface area contributed by atoms with Gasteiger partial charge in [-0.15, -0.1) is 0 Å². The highest BCUT2D eigenvalue weighted by Crippen LogP contribution is 2.25. The Bertz CT molecular complexity index is 166. The van der Waals surface area contributed by atoms with Crippen LogP contribution >= 0.6 is 0 Å². The normalized spacial score (nSPS) is 28.6. The molecule has 2 nitrogen and oxygen atoms in total. The van der Waals surface area contributed by atoms with E-state index in [1.807, 2.05) is 0 Å². The molecule has 0 aliphatic heterocycles. The summed E-state index contributed by atoms with van der Waals surface area (Å²) in [5.74, 6) is 0.879. The van der Waals surface area contributed by atoms with Gasteiger partial charge in [-0.25, -0.2) is 0 Å². The summed E-state index contributed by atoms with van der Waals surface area (Å²) in [6, 6.07) is 1.41. The zero-order chi connectivity index (χ0) is 11.3. The van der Waals surface area contributed by atoms with Gasteiger partial charge in [0, 0.05) is 18.6 Å². The third kappa shape index (κ3) is 4.12. The summed E-state index contributed by atoms with van der Waals surface area (Å²) in [7, 11) is 0. The maximum absolute atomic E-state index is 3.79. The molecule has 1 aliphatic carbocycles. The van der Waals surface area contributed by atoms with Gasteiger partial charge < -0.3 is 10.2 Å². The molecule has 1 aliphatic rings. The molecule has 0 bridgehead atoms. The number of hydrogen-bond donors (Lipinski definition) is 1. The summed E-state index contributed by atoms with van der Waals surface area (Å²) < 4.78 is 0. The topological polar surface area (TPSA) is 15.3 Å². The Labute approximate surface area is 95.4 Å². The second-order valence-electron chi connectivity index (χ2n) is 5.07. The average molecular weight is 212 g/mol. The van der Waals surface area contributed by atoms with Gasteiger partial charge in [-0.2, -0.15) is 0 Å². The van der Waals surface area contributed by atoms with Crippen molar-refractivity contribution in [1.29, 1.82) is 0 Å². The van der Waals surface area contributed by atoms with Crippen molar-refractivity contribution < 1.29 is 0 Å². The van der Waals surface area contributed by atoms with E-state index < -0.39 is 0 Å². The van der Waals surface area contributed by atoms with E-state index in [1.165, 1.54) is 38.9 Å². The third-order valence-corrected chi connectivity index (χ3v) is 3.79. The molecule has 0 spiro atoms. The first kappa shape index (κ1) is 13.0. The van der Waals surface area contributed by atoms with Crippen molar-refractivity contribution in [2.75, 3.05) is 19.6 Å². The molecule has 0 radical (unpaired) electrons. The van der Waals surface area contributed by atoms with Crippen molar-refractivity contribution in [1.82, 2.24) is 10.2 Å². The lowest BCUT2D eigenvalue weighted by molar-refractivity contribution is 0.253. The Morgan fingerprint density at radius 2 is 1.93 bits per heavy atom. The molecule has 1 saturated carbocycles. The molecule has 1 rings (SSSR count). The number of hydrogen-bond acceptors (Lipinski definition) is 2. The molecule has 1 fully saturated rings. The SMILES string of the molecule is CCN(CC)CC(C)NC1CCCC1C. The summed E-state index contributed by atoms with van der Waals surface area (Å²) in [4.78, 5) is 2.50. The van der Waals surface area contributed by atoms with Crippen LogP contribution in [0.4, 0.5) is 0 Å². The van der Waals surface area contributed by atoms with Gasteiger partial charge in [0.2, 0.25) is 0 Å². The van der Waals surface area contributed by atoms with Crippen molar-refractivity contribution in [3.05, 3.63) is 0 Å². The van der Waals surface area contributed by atoms with Gasteiger partial charge in [-0.05, 0) is 38.8 Å². The van der Waals surface area contributed by atoms with E-state index in [-0.39, 0.29) is 0 Å². The van der Waals surface area contributed by atoms with Gasteiger partial charge in [0.1, 0.15) is 0 Å². The molecule has 90 valence electrons. The molecule has 0 saturated heterocycles. The van der Waals surface area contributed by atoms with E-state index in [4.69, 9.17) is 0 Å². The quantitative estimate of drug-likeness (QED) is 0.728. The fraction of sp³-hybridized carbons (Fsp3) is 1.00. The average Bonchev–Trinajstić information content (AvgIpc) is 2.61.